The van der Waals surface area contributed by atoms with Crippen molar-refractivity contribution in [2.45, 2.75) is 154 Å². The van der Waals surface area contributed by atoms with Crippen molar-refractivity contribution >= 4 is 19.8 Å². The molecule has 0 fully saturated rings. The van der Waals surface area contributed by atoms with E-state index < -0.39 is 51.8 Å². The highest BCUT2D eigenvalue weighted by Gasteiger charge is 2.27. The second-order valence-corrected chi connectivity index (χ2v) is 15.4. The molecule has 0 aromatic rings. The molecule has 11 heteroatoms. The van der Waals surface area contributed by atoms with Crippen molar-refractivity contribution < 1.29 is 47.8 Å². The quantitative estimate of drug-likeness (QED) is 0.0236. The van der Waals surface area contributed by atoms with Crippen LogP contribution < -0.4 is 0 Å². The third-order valence-electron chi connectivity index (χ3n) is 8.41. The summed E-state index contributed by atoms with van der Waals surface area (Å²) in [6, 6.07) is 0. The summed E-state index contributed by atoms with van der Waals surface area (Å²) in [6.07, 6.45) is 53.4. The lowest BCUT2D eigenvalue weighted by molar-refractivity contribution is -0.161. The van der Waals surface area contributed by atoms with Gasteiger partial charge in [-0.05, 0) is 96.3 Å². The van der Waals surface area contributed by atoms with Gasteiger partial charge < -0.3 is 24.6 Å². The monoisotopic (exact) mass is 845 g/mol. The van der Waals surface area contributed by atoms with E-state index in [1.807, 2.05) is 12.2 Å². The van der Waals surface area contributed by atoms with Crippen LogP contribution in [0.5, 0.6) is 0 Å². The van der Waals surface area contributed by atoms with Crippen LogP contribution in [0.3, 0.4) is 0 Å². The van der Waals surface area contributed by atoms with E-state index in [4.69, 9.17) is 19.1 Å². The first-order chi connectivity index (χ1) is 28.7. The maximum absolute atomic E-state index is 12.6. The topological polar surface area (TPSA) is 149 Å². The van der Waals surface area contributed by atoms with Crippen LogP contribution >= 0.6 is 7.82 Å². The second-order valence-electron chi connectivity index (χ2n) is 14.0. The third kappa shape index (κ3) is 42.6. The van der Waals surface area contributed by atoms with E-state index in [2.05, 4.69) is 116 Å². The number of allylic oxidation sites excluding steroid dienone is 18. The van der Waals surface area contributed by atoms with Crippen LogP contribution in [-0.4, -0.2) is 65.7 Å². The minimum atomic E-state index is -4.65. The van der Waals surface area contributed by atoms with Crippen molar-refractivity contribution in [2.24, 2.45) is 0 Å². The highest BCUT2D eigenvalue weighted by Crippen LogP contribution is 2.43. The summed E-state index contributed by atoms with van der Waals surface area (Å²) in [4.78, 5) is 35.0. The first-order valence-corrected chi connectivity index (χ1v) is 23.3. The Labute approximate surface area is 356 Å². The Kier molecular flexibility index (Phi) is 40.3. The summed E-state index contributed by atoms with van der Waals surface area (Å²) < 4.78 is 32.6. The number of unbranched alkanes of at least 4 members (excludes halogenated alkanes) is 7. The molecule has 0 bridgehead atoms. The highest BCUT2D eigenvalue weighted by molar-refractivity contribution is 7.47. The van der Waals surface area contributed by atoms with Crippen molar-refractivity contribution in [3.63, 3.8) is 0 Å². The molecule has 0 heterocycles. The molecule has 0 aromatic carbocycles. The number of phosphoric ester groups is 1. The number of ether oxygens (including phenoxy) is 2. The van der Waals surface area contributed by atoms with Crippen LogP contribution in [-0.2, 0) is 32.7 Å². The molecule has 0 radical (unpaired) electrons. The lowest BCUT2D eigenvalue weighted by Crippen LogP contribution is -2.29. The van der Waals surface area contributed by atoms with E-state index in [0.717, 1.165) is 70.6 Å². The molecule has 0 aliphatic heterocycles. The van der Waals surface area contributed by atoms with E-state index in [9.17, 15) is 24.2 Å². The largest absolute Gasteiger partial charge is 0.472 e. The van der Waals surface area contributed by atoms with E-state index >= 15 is 0 Å². The van der Waals surface area contributed by atoms with Crippen LogP contribution in [0.15, 0.2) is 109 Å². The lowest BCUT2D eigenvalue weighted by atomic mass is 10.1. The number of aliphatic hydroxyl groups excluding tert-OH is 2. The molecule has 3 N–H and O–H groups in total. The van der Waals surface area contributed by atoms with Crippen molar-refractivity contribution in [1.29, 1.82) is 0 Å². The minimum absolute atomic E-state index is 0.127. The molecule has 59 heavy (non-hydrogen) atoms. The van der Waals surface area contributed by atoms with Crippen molar-refractivity contribution in [3.8, 4) is 0 Å². The first kappa shape index (κ1) is 55.6. The van der Waals surface area contributed by atoms with Crippen LogP contribution in [0, 0.1) is 0 Å². The molecule has 0 spiro atoms. The summed E-state index contributed by atoms with van der Waals surface area (Å²) >= 11 is 0. The minimum Gasteiger partial charge on any atom is -0.462 e. The predicted octanol–water partition coefficient (Wildman–Crippen LogP) is 11.8. The van der Waals surface area contributed by atoms with Crippen molar-refractivity contribution in [3.05, 3.63) is 109 Å². The molecule has 0 aliphatic carbocycles. The Morgan fingerprint density at radius 2 is 0.949 bits per heavy atom. The molecular weight excluding hydrogens is 767 g/mol. The average Bonchev–Trinajstić information content (AvgIpc) is 3.22. The van der Waals surface area contributed by atoms with Gasteiger partial charge in [0.15, 0.2) is 6.10 Å². The van der Waals surface area contributed by atoms with Crippen molar-refractivity contribution in [2.75, 3.05) is 26.4 Å². The maximum atomic E-state index is 12.6. The molecule has 334 valence electrons. The number of carbonyl (C=O) groups excluding carboxylic acids is 2. The Bertz CT molecular complexity index is 1340. The number of hydrogen-bond acceptors (Lipinski definition) is 9. The molecule has 10 nitrogen and oxygen atoms in total. The number of rotatable bonds is 39. The van der Waals surface area contributed by atoms with Crippen LogP contribution in [0.2, 0.25) is 0 Å². The summed E-state index contributed by atoms with van der Waals surface area (Å²) in [5.74, 6) is -1.04. The van der Waals surface area contributed by atoms with Gasteiger partial charge in [-0.2, -0.15) is 0 Å². The number of hydrogen-bond donors (Lipinski definition) is 3. The maximum Gasteiger partial charge on any atom is 0.472 e. The summed E-state index contributed by atoms with van der Waals surface area (Å²) in [7, 11) is -4.65. The van der Waals surface area contributed by atoms with Gasteiger partial charge in [0.2, 0.25) is 0 Å². The first-order valence-electron chi connectivity index (χ1n) is 21.8. The van der Waals surface area contributed by atoms with E-state index in [1.165, 1.54) is 25.7 Å². The fraction of sp³-hybridized carbons (Fsp3) is 0.583. The Morgan fingerprint density at radius 1 is 0.525 bits per heavy atom. The van der Waals surface area contributed by atoms with Gasteiger partial charge in [0.25, 0.3) is 0 Å². The predicted molar refractivity (Wildman–Crippen MR) is 242 cm³/mol. The number of esters is 2. The van der Waals surface area contributed by atoms with Gasteiger partial charge in [0.1, 0.15) is 12.7 Å². The Hall–Kier alpha value is -3.37. The van der Waals surface area contributed by atoms with E-state index in [-0.39, 0.29) is 19.4 Å². The van der Waals surface area contributed by atoms with Gasteiger partial charge in [-0.1, -0.05) is 142 Å². The zero-order valence-electron chi connectivity index (χ0n) is 36.2. The van der Waals surface area contributed by atoms with Gasteiger partial charge in [-0.25, -0.2) is 4.57 Å². The van der Waals surface area contributed by atoms with Crippen LogP contribution in [0.4, 0.5) is 0 Å². The van der Waals surface area contributed by atoms with Gasteiger partial charge in [0.05, 0.1) is 19.8 Å². The standard InChI is InChI=1S/C48H77O10P/c1-3-5-7-9-11-13-15-17-19-21-22-24-26-28-30-32-34-36-38-40-48(52)58-46(44-57-59(53,54)56-42-45(50)41-49)43-55-47(51)39-37-35-33-31-29-27-25-23-20-18-16-14-12-10-8-6-4-2/h6,8,11-14,17-20,22,24-25,27-28,30-31,33,45-46,49-50H,3-5,7,9-10,15-16,21,23,26,29,32,34-44H2,1-2H3,(H,53,54)/b8-6+,13-11+,14-12+,19-17+,20-18+,24-22+,27-25+,30-28+,33-31+/t45-,46+/m0/s1. The van der Waals surface area contributed by atoms with E-state index in [0.29, 0.717) is 19.3 Å². The summed E-state index contributed by atoms with van der Waals surface area (Å²) in [5, 5.41) is 18.3. The lowest BCUT2D eigenvalue weighted by Gasteiger charge is -2.20. The molecule has 0 saturated carbocycles. The number of aliphatic hydroxyl groups is 2. The summed E-state index contributed by atoms with van der Waals surface area (Å²) in [5.41, 5.74) is 0. The van der Waals surface area contributed by atoms with Gasteiger partial charge in [-0.3, -0.25) is 18.6 Å². The fourth-order valence-electron chi connectivity index (χ4n) is 5.07. The van der Waals surface area contributed by atoms with E-state index in [1.54, 1.807) is 0 Å². The molecule has 0 aliphatic rings. The molecule has 1 unspecified atom stereocenters. The Morgan fingerprint density at radius 3 is 1.42 bits per heavy atom. The Balaban J connectivity index is 4.48. The second kappa shape index (κ2) is 42.7. The molecular formula is C48H77O10P. The zero-order chi connectivity index (χ0) is 43.3. The van der Waals surface area contributed by atoms with Gasteiger partial charge >= 0.3 is 19.8 Å². The summed E-state index contributed by atoms with van der Waals surface area (Å²) in [6.45, 7) is 2.11. The van der Waals surface area contributed by atoms with Gasteiger partial charge in [-0.15, -0.1) is 0 Å². The number of phosphoric acid groups is 1. The average molecular weight is 845 g/mol. The molecule has 0 aromatic heterocycles. The fourth-order valence-corrected chi connectivity index (χ4v) is 5.86. The van der Waals surface area contributed by atoms with Crippen molar-refractivity contribution in [1.82, 2.24) is 0 Å². The molecule has 3 atom stereocenters. The zero-order valence-corrected chi connectivity index (χ0v) is 37.1. The normalized spacial score (nSPS) is 14.9. The highest BCUT2D eigenvalue weighted by atomic mass is 31.2. The number of carbonyl (C=O) groups is 2. The smallest absolute Gasteiger partial charge is 0.462 e. The van der Waals surface area contributed by atoms with Gasteiger partial charge in [0, 0.05) is 12.8 Å². The third-order valence-corrected chi connectivity index (χ3v) is 9.36. The van der Waals surface area contributed by atoms with Crippen LogP contribution in [0.1, 0.15) is 142 Å². The molecule has 0 amide bonds. The molecule has 0 saturated heterocycles. The SMILES string of the molecule is CC/C=C/C/C=C/C/C=C/C/C=C/C/C=C/CCCC(=O)OC[C@H](COP(=O)(O)OC[C@@H](O)CO)OC(=O)CCCCC/C=C/C/C=C/C/C=C/C/C=C/CCCCC. The van der Waals surface area contributed by atoms with Crippen LogP contribution in [0.25, 0.3) is 0 Å². The molecule has 0 rings (SSSR count).